The molecule has 2 aromatic rings. The fraction of sp³-hybridized carbons (Fsp3) is 0.529. The molecule has 25 heavy (non-hydrogen) atoms. The molecule has 1 amide bonds. The van der Waals surface area contributed by atoms with Gasteiger partial charge in [-0.05, 0) is 38.2 Å². The third kappa shape index (κ3) is 4.26. The zero-order valence-electron chi connectivity index (χ0n) is 14.2. The van der Waals surface area contributed by atoms with E-state index in [0.717, 1.165) is 24.8 Å². The highest BCUT2D eigenvalue weighted by Gasteiger charge is 2.29. The molecular formula is C17H22N4O4. The summed E-state index contributed by atoms with van der Waals surface area (Å²) in [7, 11) is 0. The molecule has 1 fully saturated rings. The van der Waals surface area contributed by atoms with Crippen molar-refractivity contribution in [1.29, 1.82) is 0 Å². The summed E-state index contributed by atoms with van der Waals surface area (Å²) in [6, 6.07) is 1.59. The van der Waals surface area contributed by atoms with Gasteiger partial charge in [0.05, 0.1) is 6.20 Å². The number of carbonyl (C=O) groups is 2. The fourth-order valence-corrected chi connectivity index (χ4v) is 3.21. The first-order valence-electron chi connectivity index (χ1n) is 8.50. The van der Waals surface area contributed by atoms with Gasteiger partial charge in [-0.25, -0.2) is 0 Å². The van der Waals surface area contributed by atoms with Crippen LogP contribution in [-0.4, -0.2) is 49.4 Å². The highest BCUT2D eigenvalue weighted by atomic mass is 16.5. The number of rotatable bonds is 6. The van der Waals surface area contributed by atoms with Crippen LogP contribution in [0.1, 0.15) is 53.9 Å². The molecule has 8 nitrogen and oxygen atoms in total. The number of piperidine rings is 1. The first kappa shape index (κ1) is 17.2. The maximum Gasteiger partial charge on any atom is 0.303 e. The van der Waals surface area contributed by atoms with Crippen LogP contribution < -0.4 is 0 Å². The minimum Gasteiger partial charge on any atom is -0.481 e. The summed E-state index contributed by atoms with van der Waals surface area (Å²) in [5.41, 5.74) is 1.31. The minimum absolute atomic E-state index is 0.0498. The number of carboxylic acid groups (broad SMARTS) is 1. The van der Waals surface area contributed by atoms with Crippen LogP contribution >= 0.6 is 0 Å². The molecule has 2 aromatic heterocycles. The number of nitrogens with zero attached hydrogens (tertiary/aromatic N) is 4. The highest BCUT2D eigenvalue weighted by Crippen LogP contribution is 2.23. The lowest BCUT2D eigenvalue weighted by atomic mass is 9.97. The Kier molecular flexibility index (Phi) is 5.16. The Labute approximate surface area is 145 Å². The molecule has 0 aromatic carbocycles. The molecule has 0 spiro atoms. The second kappa shape index (κ2) is 7.50. The van der Waals surface area contributed by atoms with Gasteiger partial charge in [0, 0.05) is 31.3 Å². The minimum atomic E-state index is -0.837. The van der Waals surface area contributed by atoms with Crippen molar-refractivity contribution >= 4 is 11.9 Å². The molecule has 3 rings (SSSR count). The number of carbonyl (C=O) groups excluding carboxylic acids is 1. The lowest BCUT2D eigenvalue weighted by Gasteiger charge is -2.35. The largest absolute Gasteiger partial charge is 0.481 e. The van der Waals surface area contributed by atoms with Crippen molar-refractivity contribution in [2.24, 2.45) is 0 Å². The van der Waals surface area contributed by atoms with Gasteiger partial charge in [-0.15, -0.1) is 0 Å². The van der Waals surface area contributed by atoms with E-state index in [0.29, 0.717) is 25.3 Å². The number of aliphatic carboxylic acids is 1. The summed E-state index contributed by atoms with van der Waals surface area (Å²) in [5.74, 6) is -0.469. The molecule has 1 unspecified atom stereocenters. The number of likely N-dealkylation sites (tertiary alicyclic amines) is 1. The van der Waals surface area contributed by atoms with Crippen LogP contribution in [-0.2, 0) is 11.3 Å². The predicted octanol–water partition coefficient (Wildman–Crippen LogP) is 2.09. The first-order chi connectivity index (χ1) is 12.0. The van der Waals surface area contributed by atoms with E-state index in [2.05, 4.69) is 10.3 Å². The summed E-state index contributed by atoms with van der Waals surface area (Å²) in [6.45, 7) is 2.99. The van der Waals surface area contributed by atoms with Crippen molar-refractivity contribution in [2.45, 2.75) is 51.6 Å². The Balaban J connectivity index is 1.67. The third-order valence-corrected chi connectivity index (χ3v) is 4.44. The van der Waals surface area contributed by atoms with Gasteiger partial charge in [-0.1, -0.05) is 5.16 Å². The molecular weight excluding hydrogens is 324 g/mol. The van der Waals surface area contributed by atoms with E-state index < -0.39 is 5.97 Å². The van der Waals surface area contributed by atoms with Crippen LogP contribution in [0.5, 0.6) is 0 Å². The van der Waals surface area contributed by atoms with Crippen molar-refractivity contribution in [2.75, 3.05) is 6.54 Å². The average molecular weight is 346 g/mol. The van der Waals surface area contributed by atoms with Gasteiger partial charge in [0.15, 0.2) is 11.5 Å². The molecule has 1 aliphatic rings. The van der Waals surface area contributed by atoms with Gasteiger partial charge in [-0.3, -0.25) is 14.3 Å². The number of amides is 1. The average Bonchev–Trinajstić information content (AvgIpc) is 3.22. The molecule has 1 aliphatic heterocycles. The molecule has 0 bridgehead atoms. The first-order valence-corrected chi connectivity index (χ1v) is 8.50. The third-order valence-electron chi connectivity index (χ3n) is 4.44. The molecule has 8 heteroatoms. The van der Waals surface area contributed by atoms with Crippen LogP contribution in [0.4, 0.5) is 0 Å². The van der Waals surface area contributed by atoms with Gasteiger partial charge in [0.2, 0.25) is 0 Å². The van der Waals surface area contributed by atoms with E-state index in [9.17, 15) is 9.59 Å². The van der Waals surface area contributed by atoms with Crippen molar-refractivity contribution in [3.8, 4) is 0 Å². The lowest BCUT2D eigenvalue weighted by molar-refractivity contribution is -0.137. The standard InChI is InChI=1S/C17H22N4O4/c1-12-9-18-20(10-12)11-14-8-15(19-25-14)17(24)21-7-3-2-4-13(21)5-6-16(22)23/h8-10,13H,2-7,11H2,1H3,(H,22,23). The van der Waals surface area contributed by atoms with Crippen molar-refractivity contribution in [3.63, 3.8) is 0 Å². The predicted molar refractivity (Wildman–Crippen MR) is 88.1 cm³/mol. The van der Waals surface area contributed by atoms with Crippen LogP contribution in [0.3, 0.4) is 0 Å². The summed E-state index contributed by atoms with van der Waals surface area (Å²) >= 11 is 0. The Morgan fingerprint density at radius 1 is 1.40 bits per heavy atom. The number of hydrogen-bond donors (Lipinski definition) is 1. The quantitative estimate of drug-likeness (QED) is 0.859. The van der Waals surface area contributed by atoms with Crippen LogP contribution in [0.15, 0.2) is 23.0 Å². The highest BCUT2D eigenvalue weighted by molar-refractivity contribution is 5.92. The molecule has 0 saturated carbocycles. The van der Waals surface area contributed by atoms with Gasteiger partial charge in [0.1, 0.15) is 6.54 Å². The fourth-order valence-electron chi connectivity index (χ4n) is 3.21. The normalized spacial score (nSPS) is 17.6. The van der Waals surface area contributed by atoms with E-state index in [1.54, 1.807) is 21.8 Å². The second-order valence-corrected chi connectivity index (χ2v) is 6.47. The van der Waals surface area contributed by atoms with E-state index in [-0.39, 0.29) is 24.1 Å². The number of aromatic nitrogens is 3. The Morgan fingerprint density at radius 2 is 2.24 bits per heavy atom. The smallest absolute Gasteiger partial charge is 0.303 e. The van der Waals surface area contributed by atoms with Gasteiger partial charge in [0.25, 0.3) is 5.91 Å². The van der Waals surface area contributed by atoms with Crippen LogP contribution in [0.25, 0.3) is 0 Å². The van der Waals surface area contributed by atoms with Gasteiger partial charge >= 0.3 is 5.97 Å². The van der Waals surface area contributed by atoms with Crippen molar-refractivity contribution in [3.05, 3.63) is 35.5 Å². The van der Waals surface area contributed by atoms with E-state index >= 15 is 0 Å². The molecule has 0 radical (unpaired) electrons. The van der Waals surface area contributed by atoms with Crippen LogP contribution in [0.2, 0.25) is 0 Å². The van der Waals surface area contributed by atoms with Gasteiger partial charge in [-0.2, -0.15) is 5.10 Å². The van der Waals surface area contributed by atoms with E-state index in [4.69, 9.17) is 9.63 Å². The zero-order chi connectivity index (χ0) is 17.8. The van der Waals surface area contributed by atoms with Crippen LogP contribution in [0, 0.1) is 6.92 Å². The SMILES string of the molecule is Cc1cnn(Cc2cc(C(=O)N3CCCCC3CCC(=O)O)no2)c1. The molecule has 0 aliphatic carbocycles. The number of hydrogen-bond acceptors (Lipinski definition) is 5. The molecule has 1 saturated heterocycles. The topological polar surface area (TPSA) is 101 Å². The van der Waals surface area contributed by atoms with Crippen molar-refractivity contribution in [1.82, 2.24) is 19.8 Å². The summed E-state index contributed by atoms with van der Waals surface area (Å²) in [6.07, 6.45) is 6.94. The maximum absolute atomic E-state index is 12.8. The van der Waals surface area contributed by atoms with Crippen molar-refractivity contribution < 1.29 is 19.2 Å². The van der Waals surface area contributed by atoms with Gasteiger partial charge < -0.3 is 14.5 Å². The Hall–Kier alpha value is -2.64. The molecule has 1 atom stereocenters. The number of carboxylic acids is 1. The molecule has 1 N–H and O–H groups in total. The second-order valence-electron chi connectivity index (χ2n) is 6.47. The van der Waals surface area contributed by atoms with E-state index in [1.165, 1.54) is 0 Å². The summed E-state index contributed by atoms with van der Waals surface area (Å²) < 4.78 is 6.99. The summed E-state index contributed by atoms with van der Waals surface area (Å²) in [4.78, 5) is 25.3. The lowest BCUT2D eigenvalue weighted by Crippen LogP contribution is -2.44. The molecule has 134 valence electrons. The number of aryl methyl sites for hydroxylation is 1. The Bertz CT molecular complexity index is 751. The molecule has 3 heterocycles. The Morgan fingerprint density at radius 3 is 2.96 bits per heavy atom. The van der Waals surface area contributed by atoms with E-state index in [1.807, 2.05) is 13.1 Å². The summed E-state index contributed by atoms with van der Waals surface area (Å²) in [5, 5.41) is 17.0. The maximum atomic E-state index is 12.8. The monoisotopic (exact) mass is 346 g/mol. The zero-order valence-corrected chi connectivity index (χ0v) is 14.2.